The molecule has 1 aliphatic heterocycles. The Morgan fingerprint density at radius 2 is 2.07 bits per heavy atom. The Labute approximate surface area is 89.1 Å². The lowest BCUT2D eigenvalue weighted by Gasteiger charge is -2.32. The minimum atomic E-state index is 0.265. The molecule has 0 aromatic heterocycles. The summed E-state index contributed by atoms with van der Waals surface area (Å²) in [5, 5.41) is 3.54. The fourth-order valence-electron chi connectivity index (χ4n) is 2.08. The van der Waals surface area contributed by atoms with E-state index in [1.807, 2.05) is 0 Å². The largest absolute Gasteiger partial charge is 0.311 e. The molecule has 0 amide bonds. The molecule has 1 atom stereocenters. The topological polar surface area (TPSA) is 15.3 Å². The van der Waals surface area contributed by atoms with E-state index in [9.17, 15) is 0 Å². The molecule has 0 bridgehead atoms. The van der Waals surface area contributed by atoms with E-state index in [4.69, 9.17) is 0 Å². The van der Waals surface area contributed by atoms with Crippen LogP contribution in [0, 0.1) is 5.92 Å². The van der Waals surface area contributed by atoms with Gasteiger partial charge in [-0.25, -0.2) is 0 Å². The van der Waals surface area contributed by atoms with Gasteiger partial charge in [-0.1, -0.05) is 6.92 Å². The number of piperidine rings is 1. The molecule has 1 N–H and O–H groups in total. The van der Waals surface area contributed by atoms with Gasteiger partial charge in [0.1, 0.15) is 0 Å². The van der Waals surface area contributed by atoms with Gasteiger partial charge in [0.25, 0.3) is 0 Å². The molecule has 2 heteroatoms. The average Bonchev–Trinajstić information content (AvgIpc) is 2.01. The Morgan fingerprint density at radius 3 is 2.64 bits per heavy atom. The van der Waals surface area contributed by atoms with Crippen LogP contribution >= 0.6 is 0 Å². The molecule has 2 nitrogen and oxygen atoms in total. The molecule has 84 valence electrons. The zero-order valence-electron chi connectivity index (χ0n) is 10.3. The monoisotopic (exact) mass is 198 g/mol. The summed E-state index contributed by atoms with van der Waals surface area (Å²) in [5.41, 5.74) is 0.265. The molecular formula is C12H26N2. The SMILES string of the molecule is CC1CCCN(CCNC(C)(C)C)C1. The van der Waals surface area contributed by atoms with Crippen LogP contribution in [0.2, 0.25) is 0 Å². The second-order valence-corrected chi connectivity index (χ2v) is 5.72. The molecule has 14 heavy (non-hydrogen) atoms. The standard InChI is InChI=1S/C12H26N2/c1-11-6-5-8-14(10-11)9-7-13-12(2,3)4/h11,13H,5-10H2,1-4H3. The van der Waals surface area contributed by atoms with Crippen molar-refractivity contribution in [2.75, 3.05) is 26.2 Å². The van der Waals surface area contributed by atoms with Crippen LogP contribution in [0.4, 0.5) is 0 Å². The first kappa shape index (κ1) is 12.0. The predicted octanol–water partition coefficient (Wildman–Crippen LogP) is 2.11. The van der Waals surface area contributed by atoms with Crippen molar-refractivity contribution in [2.24, 2.45) is 5.92 Å². The van der Waals surface area contributed by atoms with Gasteiger partial charge >= 0.3 is 0 Å². The van der Waals surface area contributed by atoms with E-state index >= 15 is 0 Å². The van der Waals surface area contributed by atoms with Crippen molar-refractivity contribution in [1.29, 1.82) is 0 Å². The molecule has 1 aliphatic rings. The Balaban J connectivity index is 2.12. The lowest BCUT2D eigenvalue weighted by Crippen LogP contribution is -2.43. The van der Waals surface area contributed by atoms with Crippen LogP contribution in [0.25, 0.3) is 0 Å². The predicted molar refractivity (Wildman–Crippen MR) is 62.6 cm³/mol. The van der Waals surface area contributed by atoms with E-state index in [0.29, 0.717) is 0 Å². The zero-order chi connectivity index (χ0) is 10.6. The van der Waals surface area contributed by atoms with Crippen LogP contribution in [0.5, 0.6) is 0 Å². The Bertz CT molecular complexity index is 160. The molecule has 1 fully saturated rings. The van der Waals surface area contributed by atoms with Crippen LogP contribution in [0.1, 0.15) is 40.5 Å². The number of rotatable bonds is 3. The number of hydrogen-bond acceptors (Lipinski definition) is 2. The molecule has 0 spiro atoms. The quantitative estimate of drug-likeness (QED) is 0.747. The normalized spacial score (nSPS) is 25.3. The second kappa shape index (κ2) is 5.13. The van der Waals surface area contributed by atoms with E-state index in [-0.39, 0.29) is 5.54 Å². The first-order valence-corrected chi connectivity index (χ1v) is 5.95. The minimum Gasteiger partial charge on any atom is -0.311 e. The van der Waals surface area contributed by atoms with E-state index < -0.39 is 0 Å². The molecule has 1 unspecified atom stereocenters. The summed E-state index contributed by atoms with van der Waals surface area (Å²) in [5.74, 6) is 0.901. The van der Waals surface area contributed by atoms with Crippen molar-refractivity contribution >= 4 is 0 Å². The molecule has 1 saturated heterocycles. The number of nitrogens with zero attached hydrogens (tertiary/aromatic N) is 1. The van der Waals surface area contributed by atoms with Crippen molar-refractivity contribution in [1.82, 2.24) is 10.2 Å². The lowest BCUT2D eigenvalue weighted by molar-refractivity contribution is 0.180. The highest BCUT2D eigenvalue weighted by Crippen LogP contribution is 2.14. The summed E-state index contributed by atoms with van der Waals surface area (Å²) in [4.78, 5) is 2.59. The van der Waals surface area contributed by atoms with Crippen LogP contribution in [0.3, 0.4) is 0 Å². The summed E-state index contributed by atoms with van der Waals surface area (Å²) < 4.78 is 0. The maximum Gasteiger partial charge on any atom is 0.0107 e. The highest BCUT2D eigenvalue weighted by atomic mass is 15.1. The first-order valence-electron chi connectivity index (χ1n) is 5.95. The fraction of sp³-hybridized carbons (Fsp3) is 1.00. The van der Waals surface area contributed by atoms with Crippen molar-refractivity contribution < 1.29 is 0 Å². The van der Waals surface area contributed by atoms with Gasteiger partial charge in [-0.2, -0.15) is 0 Å². The van der Waals surface area contributed by atoms with Crippen LogP contribution in [0.15, 0.2) is 0 Å². The van der Waals surface area contributed by atoms with E-state index in [2.05, 4.69) is 37.9 Å². The third-order valence-corrected chi connectivity index (χ3v) is 2.82. The van der Waals surface area contributed by atoms with Gasteiger partial charge in [0.2, 0.25) is 0 Å². The molecule has 0 aliphatic carbocycles. The molecule has 0 aromatic rings. The summed E-state index contributed by atoms with van der Waals surface area (Å²) >= 11 is 0. The highest BCUT2D eigenvalue weighted by molar-refractivity contribution is 4.74. The molecular weight excluding hydrogens is 172 g/mol. The summed E-state index contributed by atoms with van der Waals surface area (Å²) in [6.07, 6.45) is 2.81. The van der Waals surface area contributed by atoms with Crippen LogP contribution in [-0.2, 0) is 0 Å². The second-order valence-electron chi connectivity index (χ2n) is 5.72. The molecule has 0 saturated carbocycles. The lowest BCUT2D eigenvalue weighted by atomic mass is 10.0. The van der Waals surface area contributed by atoms with Crippen LogP contribution < -0.4 is 5.32 Å². The maximum atomic E-state index is 3.54. The third kappa shape index (κ3) is 4.97. The van der Waals surface area contributed by atoms with E-state index in [1.54, 1.807) is 0 Å². The maximum absolute atomic E-state index is 3.54. The molecule has 0 radical (unpaired) electrons. The Kier molecular flexibility index (Phi) is 4.39. The fourth-order valence-corrected chi connectivity index (χ4v) is 2.08. The Hall–Kier alpha value is -0.0800. The van der Waals surface area contributed by atoms with Crippen LogP contribution in [-0.4, -0.2) is 36.6 Å². The summed E-state index contributed by atoms with van der Waals surface area (Å²) in [6.45, 7) is 14.0. The first-order chi connectivity index (χ1) is 6.47. The zero-order valence-corrected chi connectivity index (χ0v) is 10.3. The van der Waals surface area contributed by atoms with E-state index in [0.717, 1.165) is 12.5 Å². The number of likely N-dealkylation sites (tertiary alicyclic amines) is 1. The van der Waals surface area contributed by atoms with Gasteiger partial charge in [-0.3, -0.25) is 0 Å². The van der Waals surface area contributed by atoms with Crippen molar-refractivity contribution in [2.45, 2.75) is 46.1 Å². The van der Waals surface area contributed by atoms with Gasteiger partial charge in [-0.05, 0) is 46.1 Å². The average molecular weight is 198 g/mol. The van der Waals surface area contributed by atoms with Gasteiger partial charge < -0.3 is 10.2 Å². The van der Waals surface area contributed by atoms with Gasteiger partial charge in [0.05, 0.1) is 0 Å². The summed E-state index contributed by atoms with van der Waals surface area (Å²) in [7, 11) is 0. The summed E-state index contributed by atoms with van der Waals surface area (Å²) in [6, 6.07) is 0. The highest BCUT2D eigenvalue weighted by Gasteiger charge is 2.16. The number of nitrogens with one attached hydrogen (secondary N) is 1. The molecule has 0 aromatic carbocycles. The van der Waals surface area contributed by atoms with Crippen molar-refractivity contribution in [3.8, 4) is 0 Å². The van der Waals surface area contributed by atoms with Crippen molar-refractivity contribution in [3.63, 3.8) is 0 Å². The van der Waals surface area contributed by atoms with Gasteiger partial charge in [0, 0.05) is 25.2 Å². The van der Waals surface area contributed by atoms with Gasteiger partial charge in [0.15, 0.2) is 0 Å². The van der Waals surface area contributed by atoms with E-state index in [1.165, 1.54) is 32.5 Å². The smallest absolute Gasteiger partial charge is 0.0107 e. The molecule has 1 rings (SSSR count). The number of hydrogen-bond donors (Lipinski definition) is 1. The van der Waals surface area contributed by atoms with Gasteiger partial charge in [-0.15, -0.1) is 0 Å². The minimum absolute atomic E-state index is 0.265. The third-order valence-electron chi connectivity index (χ3n) is 2.82. The van der Waals surface area contributed by atoms with Crippen molar-refractivity contribution in [3.05, 3.63) is 0 Å². The molecule has 1 heterocycles. The Morgan fingerprint density at radius 1 is 1.36 bits per heavy atom.